The highest BCUT2D eigenvalue weighted by Gasteiger charge is 2.09. The first-order chi connectivity index (χ1) is 9.19. The van der Waals surface area contributed by atoms with Crippen LogP contribution in [0, 0.1) is 6.92 Å². The molecule has 2 rings (SSSR count). The molecular weight excluding hydrogens is 240 g/mol. The number of ether oxygens (including phenoxy) is 2. The molecule has 0 amide bonds. The highest BCUT2D eigenvalue weighted by Crippen LogP contribution is 2.17. The van der Waals surface area contributed by atoms with Crippen LogP contribution in [0.4, 0.5) is 0 Å². The van der Waals surface area contributed by atoms with Crippen LogP contribution in [-0.4, -0.2) is 12.6 Å². The lowest BCUT2D eigenvalue weighted by atomic mass is 10.2. The van der Waals surface area contributed by atoms with Crippen molar-refractivity contribution in [3.8, 4) is 11.5 Å². The summed E-state index contributed by atoms with van der Waals surface area (Å²) in [6.07, 6.45) is 0. The Morgan fingerprint density at radius 3 is 2.47 bits per heavy atom. The van der Waals surface area contributed by atoms with Crippen molar-refractivity contribution in [3.63, 3.8) is 0 Å². The fourth-order valence-corrected chi connectivity index (χ4v) is 1.65. The molecule has 0 aliphatic rings. The monoisotopic (exact) mass is 256 g/mol. The normalized spacial score (nSPS) is 10.0. The Kier molecular flexibility index (Phi) is 4.18. The number of hydrogen-bond acceptors (Lipinski definition) is 3. The summed E-state index contributed by atoms with van der Waals surface area (Å²) < 4.78 is 10.6. The molecular formula is C16H16O3. The third-order valence-electron chi connectivity index (χ3n) is 2.61. The number of benzene rings is 2. The van der Waals surface area contributed by atoms with E-state index in [0.717, 1.165) is 5.56 Å². The van der Waals surface area contributed by atoms with Gasteiger partial charge in [-0.1, -0.05) is 23.8 Å². The van der Waals surface area contributed by atoms with Crippen molar-refractivity contribution in [2.45, 2.75) is 13.8 Å². The largest absolute Gasteiger partial charge is 0.494 e. The first-order valence-electron chi connectivity index (χ1n) is 6.21. The van der Waals surface area contributed by atoms with Crippen LogP contribution in [0.5, 0.6) is 11.5 Å². The van der Waals surface area contributed by atoms with Gasteiger partial charge >= 0.3 is 5.97 Å². The molecule has 3 heteroatoms. The van der Waals surface area contributed by atoms with Crippen molar-refractivity contribution in [2.75, 3.05) is 6.61 Å². The van der Waals surface area contributed by atoms with E-state index in [9.17, 15) is 4.79 Å². The number of carbonyl (C=O) groups is 1. The van der Waals surface area contributed by atoms with Gasteiger partial charge in [-0.25, -0.2) is 4.79 Å². The van der Waals surface area contributed by atoms with Crippen LogP contribution in [0.3, 0.4) is 0 Å². The molecule has 0 heterocycles. The molecule has 2 aromatic rings. The zero-order chi connectivity index (χ0) is 13.7. The summed E-state index contributed by atoms with van der Waals surface area (Å²) in [7, 11) is 0. The smallest absolute Gasteiger partial charge is 0.343 e. The van der Waals surface area contributed by atoms with Crippen LogP contribution in [-0.2, 0) is 0 Å². The molecule has 0 aromatic heterocycles. The summed E-state index contributed by atoms with van der Waals surface area (Å²) in [5.74, 6) is 0.823. The second-order valence-electron chi connectivity index (χ2n) is 4.16. The van der Waals surface area contributed by atoms with E-state index in [2.05, 4.69) is 0 Å². The van der Waals surface area contributed by atoms with Crippen LogP contribution in [0.15, 0.2) is 48.5 Å². The molecule has 19 heavy (non-hydrogen) atoms. The lowest BCUT2D eigenvalue weighted by Gasteiger charge is -2.07. The standard InChI is InChI=1S/C16H16O3/c1-3-18-15-6-4-5-13(11-15)16(17)19-14-9-7-12(2)8-10-14/h4-11H,3H2,1-2H3. The minimum absolute atomic E-state index is 0.384. The molecule has 0 fully saturated rings. The van der Waals surface area contributed by atoms with Crippen molar-refractivity contribution in [1.29, 1.82) is 0 Å². The van der Waals surface area contributed by atoms with E-state index in [-0.39, 0.29) is 5.97 Å². The van der Waals surface area contributed by atoms with Gasteiger partial charge in [0.25, 0.3) is 0 Å². The van der Waals surface area contributed by atoms with E-state index in [4.69, 9.17) is 9.47 Å². The quantitative estimate of drug-likeness (QED) is 0.619. The Balaban J connectivity index is 2.11. The molecule has 0 saturated carbocycles. The highest BCUT2D eigenvalue weighted by atomic mass is 16.5. The van der Waals surface area contributed by atoms with Gasteiger partial charge in [0.2, 0.25) is 0 Å². The summed E-state index contributed by atoms with van der Waals surface area (Å²) in [4.78, 5) is 12.0. The van der Waals surface area contributed by atoms with Crippen molar-refractivity contribution in [2.24, 2.45) is 0 Å². The van der Waals surface area contributed by atoms with Crippen molar-refractivity contribution >= 4 is 5.97 Å². The molecule has 0 N–H and O–H groups in total. The maximum absolute atomic E-state index is 12.0. The van der Waals surface area contributed by atoms with E-state index < -0.39 is 0 Å². The van der Waals surface area contributed by atoms with E-state index in [1.54, 1.807) is 30.3 Å². The topological polar surface area (TPSA) is 35.5 Å². The summed E-state index contributed by atoms with van der Waals surface area (Å²) in [6, 6.07) is 14.3. The van der Waals surface area contributed by atoms with Crippen LogP contribution < -0.4 is 9.47 Å². The van der Waals surface area contributed by atoms with Gasteiger partial charge in [0.05, 0.1) is 12.2 Å². The summed E-state index contributed by atoms with van der Waals surface area (Å²) >= 11 is 0. The molecule has 0 aliphatic heterocycles. The van der Waals surface area contributed by atoms with Gasteiger partial charge in [0.1, 0.15) is 11.5 Å². The number of aryl methyl sites for hydroxylation is 1. The van der Waals surface area contributed by atoms with Gasteiger partial charge in [-0.05, 0) is 44.2 Å². The van der Waals surface area contributed by atoms with Gasteiger partial charge in [-0.3, -0.25) is 0 Å². The molecule has 98 valence electrons. The minimum Gasteiger partial charge on any atom is -0.494 e. The number of carbonyl (C=O) groups excluding carboxylic acids is 1. The zero-order valence-electron chi connectivity index (χ0n) is 11.1. The predicted molar refractivity (Wildman–Crippen MR) is 73.7 cm³/mol. The third-order valence-corrected chi connectivity index (χ3v) is 2.61. The molecule has 0 radical (unpaired) electrons. The number of rotatable bonds is 4. The molecule has 2 aromatic carbocycles. The number of hydrogen-bond donors (Lipinski definition) is 0. The van der Waals surface area contributed by atoms with E-state index in [1.807, 2.05) is 32.0 Å². The predicted octanol–water partition coefficient (Wildman–Crippen LogP) is 3.61. The maximum atomic E-state index is 12.0. The van der Waals surface area contributed by atoms with Crippen LogP contribution in [0.2, 0.25) is 0 Å². The molecule has 0 unspecified atom stereocenters. The SMILES string of the molecule is CCOc1cccc(C(=O)Oc2ccc(C)cc2)c1. The van der Waals surface area contributed by atoms with Crippen molar-refractivity contribution in [1.82, 2.24) is 0 Å². The lowest BCUT2D eigenvalue weighted by Crippen LogP contribution is -2.08. The third kappa shape index (κ3) is 3.58. The maximum Gasteiger partial charge on any atom is 0.343 e. The Labute approximate surface area is 112 Å². The van der Waals surface area contributed by atoms with Crippen molar-refractivity contribution in [3.05, 3.63) is 59.7 Å². The second-order valence-corrected chi connectivity index (χ2v) is 4.16. The highest BCUT2D eigenvalue weighted by molar-refractivity contribution is 5.91. The van der Waals surface area contributed by atoms with Crippen molar-refractivity contribution < 1.29 is 14.3 Å². The van der Waals surface area contributed by atoms with E-state index in [0.29, 0.717) is 23.7 Å². The van der Waals surface area contributed by atoms with E-state index >= 15 is 0 Å². The van der Waals surface area contributed by atoms with Crippen LogP contribution in [0.1, 0.15) is 22.8 Å². The summed E-state index contributed by atoms with van der Waals surface area (Å²) in [6.45, 7) is 4.45. The summed E-state index contributed by atoms with van der Waals surface area (Å²) in [5, 5.41) is 0. The first-order valence-corrected chi connectivity index (χ1v) is 6.21. The fraction of sp³-hybridized carbons (Fsp3) is 0.188. The number of esters is 1. The second kappa shape index (κ2) is 6.05. The van der Waals surface area contributed by atoms with Gasteiger partial charge in [-0.2, -0.15) is 0 Å². The average molecular weight is 256 g/mol. The molecule has 0 aliphatic carbocycles. The van der Waals surface area contributed by atoms with Gasteiger partial charge in [0, 0.05) is 0 Å². The molecule has 0 spiro atoms. The fourth-order valence-electron chi connectivity index (χ4n) is 1.65. The summed E-state index contributed by atoms with van der Waals surface area (Å²) in [5.41, 5.74) is 1.60. The molecule has 0 bridgehead atoms. The molecule has 3 nitrogen and oxygen atoms in total. The first kappa shape index (κ1) is 13.1. The molecule has 0 atom stereocenters. The Morgan fingerprint density at radius 1 is 1.05 bits per heavy atom. The lowest BCUT2D eigenvalue weighted by molar-refractivity contribution is 0.0734. The Bertz CT molecular complexity index is 558. The van der Waals surface area contributed by atoms with E-state index in [1.165, 1.54) is 0 Å². The Hall–Kier alpha value is -2.29. The average Bonchev–Trinajstić information content (AvgIpc) is 2.42. The van der Waals surface area contributed by atoms with Gasteiger partial charge < -0.3 is 9.47 Å². The van der Waals surface area contributed by atoms with Gasteiger partial charge in [0.15, 0.2) is 0 Å². The van der Waals surface area contributed by atoms with Crippen LogP contribution >= 0.6 is 0 Å². The van der Waals surface area contributed by atoms with Crippen LogP contribution in [0.25, 0.3) is 0 Å². The molecule has 0 saturated heterocycles. The minimum atomic E-state index is -0.384. The zero-order valence-corrected chi connectivity index (χ0v) is 11.1. The Morgan fingerprint density at radius 2 is 1.79 bits per heavy atom. The van der Waals surface area contributed by atoms with Gasteiger partial charge in [-0.15, -0.1) is 0 Å².